The molecule has 0 unspecified atom stereocenters. The van der Waals surface area contributed by atoms with Crippen molar-refractivity contribution in [1.29, 1.82) is 0 Å². The topological polar surface area (TPSA) is 63.3 Å². The van der Waals surface area contributed by atoms with E-state index in [1.54, 1.807) is 30.5 Å². The number of thioether (sulfide) groups is 1. The summed E-state index contributed by atoms with van der Waals surface area (Å²) in [5.41, 5.74) is 0.231. The Labute approximate surface area is 100 Å². The molecule has 0 bridgehead atoms. The molecule has 2 rings (SSSR count). The molecule has 0 saturated carbocycles. The Hall–Kier alpha value is -1.27. The van der Waals surface area contributed by atoms with Gasteiger partial charge in [-0.25, -0.2) is 9.78 Å². The third kappa shape index (κ3) is 2.45. The number of rotatable bonds is 4. The Morgan fingerprint density at radius 2 is 2.50 bits per heavy atom. The SMILES string of the molecule is Cc1oc(CSc2nccs2)cc1C(=O)O. The van der Waals surface area contributed by atoms with Crippen molar-refractivity contribution >= 4 is 29.1 Å². The van der Waals surface area contributed by atoms with Crippen LogP contribution in [0.4, 0.5) is 0 Å². The van der Waals surface area contributed by atoms with Crippen LogP contribution in [-0.4, -0.2) is 16.1 Å². The molecule has 0 aromatic carbocycles. The lowest BCUT2D eigenvalue weighted by Crippen LogP contribution is -1.94. The van der Waals surface area contributed by atoms with Gasteiger partial charge >= 0.3 is 5.97 Å². The van der Waals surface area contributed by atoms with Crippen LogP contribution in [0.5, 0.6) is 0 Å². The summed E-state index contributed by atoms with van der Waals surface area (Å²) >= 11 is 3.09. The first-order valence-electron chi connectivity index (χ1n) is 4.51. The summed E-state index contributed by atoms with van der Waals surface area (Å²) in [6.07, 6.45) is 1.74. The molecule has 0 aliphatic heterocycles. The zero-order valence-corrected chi connectivity index (χ0v) is 10.1. The van der Waals surface area contributed by atoms with Gasteiger partial charge in [-0.2, -0.15) is 0 Å². The van der Waals surface area contributed by atoms with E-state index in [-0.39, 0.29) is 5.56 Å². The fourth-order valence-electron chi connectivity index (χ4n) is 1.24. The smallest absolute Gasteiger partial charge is 0.339 e. The van der Waals surface area contributed by atoms with Gasteiger partial charge in [0.1, 0.15) is 21.4 Å². The zero-order chi connectivity index (χ0) is 11.5. The summed E-state index contributed by atoms with van der Waals surface area (Å²) in [4.78, 5) is 14.9. The van der Waals surface area contributed by atoms with E-state index >= 15 is 0 Å². The first-order valence-corrected chi connectivity index (χ1v) is 6.38. The van der Waals surface area contributed by atoms with Gasteiger partial charge in [-0.3, -0.25) is 0 Å². The van der Waals surface area contributed by atoms with Gasteiger partial charge in [0, 0.05) is 11.6 Å². The predicted octanol–water partition coefficient (Wildman–Crippen LogP) is 3.04. The molecular weight excluding hydrogens is 246 g/mol. The highest BCUT2D eigenvalue weighted by Crippen LogP contribution is 2.26. The minimum absolute atomic E-state index is 0.231. The Morgan fingerprint density at radius 1 is 1.69 bits per heavy atom. The maximum Gasteiger partial charge on any atom is 0.339 e. The maximum atomic E-state index is 10.8. The fraction of sp³-hybridized carbons (Fsp3) is 0.200. The molecule has 0 radical (unpaired) electrons. The van der Waals surface area contributed by atoms with Crippen molar-refractivity contribution in [3.8, 4) is 0 Å². The van der Waals surface area contributed by atoms with Crippen molar-refractivity contribution in [2.24, 2.45) is 0 Å². The summed E-state index contributed by atoms with van der Waals surface area (Å²) in [5, 5.41) is 10.8. The van der Waals surface area contributed by atoms with E-state index in [9.17, 15) is 4.79 Å². The number of carboxylic acids is 1. The summed E-state index contributed by atoms with van der Waals surface area (Å²) in [5.74, 6) is 0.755. The molecule has 0 aliphatic rings. The highest BCUT2D eigenvalue weighted by atomic mass is 32.2. The van der Waals surface area contributed by atoms with Crippen LogP contribution < -0.4 is 0 Å². The van der Waals surface area contributed by atoms with Crippen LogP contribution in [0.3, 0.4) is 0 Å². The first-order chi connectivity index (χ1) is 7.66. The monoisotopic (exact) mass is 255 g/mol. The summed E-state index contributed by atoms with van der Waals surface area (Å²) in [6.45, 7) is 1.65. The van der Waals surface area contributed by atoms with Gasteiger partial charge in [0.25, 0.3) is 0 Å². The highest BCUT2D eigenvalue weighted by molar-refractivity contribution is 8.00. The Bertz CT molecular complexity index is 490. The summed E-state index contributed by atoms with van der Waals surface area (Å²) in [6, 6.07) is 1.57. The van der Waals surface area contributed by atoms with Crippen LogP contribution in [-0.2, 0) is 5.75 Å². The van der Waals surface area contributed by atoms with E-state index in [0.29, 0.717) is 17.3 Å². The largest absolute Gasteiger partial charge is 0.478 e. The van der Waals surface area contributed by atoms with Crippen LogP contribution in [0.15, 0.2) is 26.4 Å². The molecule has 0 spiro atoms. The molecule has 0 fully saturated rings. The molecule has 2 heterocycles. The summed E-state index contributed by atoms with van der Waals surface area (Å²) in [7, 11) is 0. The normalized spacial score (nSPS) is 10.6. The fourth-order valence-corrected chi connectivity index (χ4v) is 2.76. The number of aryl methyl sites for hydroxylation is 1. The molecule has 0 amide bonds. The van der Waals surface area contributed by atoms with Crippen molar-refractivity contribution in [3.05, 3.63) is 34.7 Å². The second kappa shape index (κ2) is 4.71. The van der Waals surface area contributed by atoms with Crippen molar-refractivity contribution < 1.29 is 14.3 Å². The molecule has 1 N–H and O–H groups in total. The summed E-state index contributed by atoms with van der Waals surface area (Å²) < 4.78 is 6.30. The van der Waals surface area contributed by atoms with Crippen LogP contribution in [0.2, 0.25) is 0 Å². The van der Waals surface area contributed by atoms with Crippen LogP contribution >= 0.6 is 23.1 Å². The average molecular weight is 255 g/mol. The number of carbonyl (C=O) groups is 1. The van der Waals surface area contributed by atoms with Crippen molar-refractivity contribution in [3.63, 3.8) is 0 Å². The second-order valence-electron chi connectivity index (χ2n) is 3.07. The van der Waals surface area contributed by atoms with Crippen LogP contribution in [0, 0.1) is 6.92 Å². The average Bonchev–Trinajstić information content (AvgIpc) is 2.83. The Balaban J connectivity index is 2.05. The van der Waals surface area contributed by atoms with E-state index in [1.165, 1.54) is 11.8 Å². The van der Waals surface area contributed by atoms with Gasteiger partial charge in [-0.1, -0.05) is 11.8 Å². The lowest BCUT2D eigenvalue weighted by atomic mass is 10.2. The minimum atomic E-state index is -0.952. The lowest BCUT2D eigenvalue weighted by Gasteiger charge is -1.92. The molecule has 2 aromatic heterocycles. The minimum Gasteiger partial charge on any atom is -0.478 e. The molecule has 2 aromatic rings. The van der Waals surface area contributed by atoms with Crippen molar-refractivity contribution in [2.75, 3.05) is 0 Å². The number of hydrogen-bond donors (Lipinski definition) is 1. The number of thiazole rings is 1. The molecule has 0 atom stereocenters. The number of nitrogens with zero attached hydrogens (tertiary/aromatic N) is 1. The molecular formula is C10H9NO3S2. The molecule has 84 valence electrons. The van der Waals surface area contributed by atoms with E-state index in [0.717, 1.165) is 4.34 Å². The highest BCUT2D eigenvalue weighted by Gasteiger charge is 2.13. The third-order valence-corrected chi connectivity index (χ3v) is 3.94. The zero-order valence-electron chi connectivity index (χ0n) is 8.47. The van der Waals surface area contributed by atoms with Gasteiger partial charge in [-0.05, 0) is 13.0 Å². The predicted molar refractivity (Wildman–Crippen MR) is 62.1 cm³/mol. The molecule has 0 saturated heterocycles. The standard InChI is InChI=1S/C10H9NO3S2/c1-6-8(9(12)13)4-7(14-6)5-16-10-11-2-3-15-10/h2-4H,5H2,1H3,(H,12,13). The number of aromatic carboxylic acids is 1. The van der Waals surface area contributed by atoms with E-state index in [2.05, 4.69) is 4.98 Å². The first kappa shape index (κ1) is 11.2. The Morgan fingerprint density at radius 3 is 3.06 bits per heavy atom. The lowest BCUT2D eigenvalue weighted by molar-refractivity contribution is 0.0695. The number of carboxylic acid groups (broad SMARTS) is 1. The van der Waals surface area contributed by atoms with E-state index < -0.39 is 5.97 Å². The Kier molecular flexibility index (Phi) is 3.31. The van der Waals surface area contributed by atoms with Gasteiger partial charge in [-0.15, -0.1) is 11.3 Å². The molecule has 6 heteroatoms. The number of hydrogen-bond acceptors (Lipinski definition) is 5. The number of furan rings is 1. The van der Waals surface area contributed by atoms with Crippen LogP contribution in [0.1, 0.15) is 21.9 Å². The molecule has 4 nitrogen and oxygen atoms in total. The van der Waals surface area contributed by atoms with Gasteiger partial charge in [0.2, 0.25) is 0 Å². The van der Waals surface area contributed by atoms with E-state index in [1.807, 2.05) is 5.38 Å². The second-order valence-corrected chi connectivity index (χ2v) is 5.19. The van der Waals surface area contributed by atoms with Gasteiger partial charge in [0.05, 0.1) is 5.75 Å². The maximum absolute atomic E-state index is 10.8. The van der Waals surface area contributed by atoms with Crippen molar-refractivity contribution in [1.82, 2.24) is 4.98 Å². The molecule has 16 heavy (non-hydrogen) atoms. The third-order valence-electron chi connectivity index (χ3n) is 1.95. The quantitative estimate of drug-likeness (QED) is 0.851. The number of aromatic nitrogens is 1. The van der Waals surface area contributed by atoms with E-state index in [4.69, 9.17) is 9.52 Å². The van der Waals surface area contributed by atoms with Gasteiger partial charge < -0.3 is 9.52 Å². The van der Waals surface area contributed by atoms with Gasteiger partial charge in [0.15, 0.2) is 0 Å². The molecule has 0 aliphatic carbocycles. The van der Waals surface area contributed by atoms with Crippen LogP contribution in [0.25, 0.3) is 0 Å². The van der Waals surface area contributed by atoms with Crippen molar-refractivity contribution in [2.45, 2.75) is 17.0 Å².